The van der Waals surface area contributed by atoms with Gasteiger partial charge < -0.3 is 9.84 Å². The zero-order chi connectivity index (χ0) is 22.7. The largest absolute Gasteiger partial charge is 0.490 e. The maximum atomic E-state index is 12.0. The zero-order valence-electron chi connectivity index (χ0n) is 15.9. The number of rotatable bonds is 7. The molecule has 1 aromatic heterocycles. The van der Waals surface area contributed by atoms with Gasteiger partial charge in [-0.1, -0.05) is 0 Å². The summed E-state index contributed by atoms with van der Waals surface area (Å²) in [6.07, 6.45) is 2.29. The van der Waals surface area contributed by atoms with E-state index in [0.717, 1.165) is 6.08 Å². The number of hydrogen-bond acceptors (Lipinski definition) is 8. The van der Waals surface area contributed by atoms with Crippen molar-refractivity contribution in [3.8, 4) is 17.0 Å². The molecule has 0 bridgehead atoms. The number of nitro benzene ring substituents is 1. The Bertz CT molecular complexity index is 1130. The minimum absolute atomic E-state index is 0.0171. The van der Waals surface area contributed by atoms with Gasteiger partial charge in [-0.05, 0) is 18.2 Å². The molecule has 1 aromatic carbocycles. The number of carbonyl (C=O) groups excluding carboxylic acids is 3. The number of methoxy groups -OCH3 is 1. The van der Waals surface area contributed by atoms with Crippen LogP contribution in [0.2, 0.25) is 0 Å². The fourth-order valence-electron chi connectivity index (χ4n) is 2.83. The molecule has 0 saturated carbocycles. The van der Waals surface area contributed by atoms with E-state index in [1.165, 1.54) is 36.2 Å². The number of barbiturate groups is 1. The van der Waals surface area contributed by atoms with Crippen LogP contribution in [-0.2, 0) is 20.9 Å². The Morgan fingerprint density at radius 2 is 1.97 bits per heavy atom. The molecule has 1 aliphatic rings. The van der Waals surface area contributed by atoms with Crippen LogP contribution in [0.3, 0.4) is 0 Å². The molecule has 0 radical (unpaired) electrons. The molecule has 160 valence electrons. The number of carbonyl (C=O) groups is 4. The third kappa shape index (κ3) is 4.55. The second-order valence-electron chi connectivity index (χ2n) is 6.28. The molecular formula is C18H15N5O8. The number of imide groups is 2. The number of aryl methyl sites for hydroxylation is 1. The van der Waals surface area contributed by atoms with E-state index in [1.807, 2.05) is 10.6 Å². The molecular weight excluding hydrogens is 414 g/mol. The van der Waals surface area contributed by atoms with Gasteiger partial charge >= 0.3 is 17.7 Å². The monoisotopic (exact) mass is 429 g/mol. The highest BCUT2D eigenvalue weighted by Crippen LogP contribution is 2.33. The molecule has 0 aliphatic carbocycles. The first-order valence-electron chi connectivity index (χ1n) is 8.70. The summed E-state index contributed by atoms with van der Waals surface area (Å²) in [6, 6.07) is 3.09. The van der Waals surface area contributed by atoms with Crippen LogP contribution in [0, 0.1) is 10.1 Å². The SMILES string of the molecule is COc1ccc(-c2nn(CCC(=O)O)cc2C=C2C(=O)NC(=O)NC2=O)cc1[N+](=O)[O-]. The third-order valence-electron chi connectivity index (χ3n) is 4.24. The van der Waals surface area contributed by atoms with Crippen molar-refractivity contribution in [1.29, 1.82) is 0 Å². The summed E-state index contributed by atoms with van der Waals surface area (Å²) in [5, 5.41) is 28.4. The number of nitro groups is 1. The highest BCUT2D eigenvalue weighted by Gasteiger charge is 2.28. The van der Waals surface area contributed by atoms with Gasteiger partial charge in [0.05, 0.1) is 30.7 Å². The van der Waals surface area contributed by atoms with Crippen molar-refractivity contribution in [1.82, 2.24) is 20.4 Å². The lowest BCUT2D eigenvalue weighted by atomic mass is 10.0. The molecule has 0 atom stereocenters. The molecule has 31 heavy (non-hydrogen) atoms. The molecule has 1 saturated heterocycles. The Morgan fingerprint density at radius 1 is 1.29 bits per heavy atom. The Hall–Kier alpha value is -4.55. The summed E-state index contributed by atoms with van der Waals surface area (Å²) in [6.45, 7) is -0.0271. The number of urea groups is 1. The van der Waals surface area contributed by atoms with E-state index >= 15 is 0 Å². The van der Waals surface area contributed by atoms with E-state index in [0.29, 0.717) is 0 Å². The Labute approximate surface area is 173 Å². The second kappa shape index (κ2) is 8.44. The van der Waals surface area contributed by atoms with Gasteiger partial charge in [-0.15, -0.1) is 0 Å². The minimum Gasteiger partial charge on any atom is -0.490 e. The van der Waals surface area contributed by atoms with E-state index in [1.54, 1.807) is 0 Å². The van der Waals surface area contributed by atoms with Gasteiger partial charge in [-0.25, -0.2) is 4.79 Å². The van der Waals surface area contributed by atoms with Crippen LogP contribution in [0.25, 0.3) is 17.3 Å². The number of carboxylic acids is 1. The van der Waals surface area contributed by atoms with Crippen LogP contribution in [-0.4, -0.2) is 50.7 Å². The van der Waals surface area contributed by atoms with Gasteiger partial charge in [0, 0.05) is 23.4 Å². The van der Waals surface area contributed by atoms with Crippen molar-refractivity contribution < 1.29 is 33.9 Å². The predicted molar refractivity (Wildman–Crippen MR) is 103 cm³/mol. The van der Waals surface area contributed by atoms with E-state index in [-0.39, 0.29) is 46.8 Å². The van der Waals surface area contributed by atoms with Gasteiger partial charge in [0.2, 0.25) is 0 Å². The average molecular weight is 429 g/mol. The number of carboxylic acid groups (broad SMARTS) is 1. The normalized spacial score (nSPS) is 13.5. The summed E-state index contributed by atoms with van der Waals surface area (Å²) in [7, 11) is 1.28. The maximum absolute atomic E-state index is 12.0. The van der Waals surface area contributed by atoms with Crippen LogP contribution in [0.1, 0.15) is 12.0 Å². The van der Waals surface area contributed by atoms with Crippen molar-refractivity contribution >= 4 is 35.6 Å². The Morgan fingerprint density at radius 3 is 2.55 bits per heavy atom. The molecule has 1 aliphatic heterocycles. The van der Waals surface area contributed by atoms with E-state index < -0.39 is 28.7 Å². The number of ether oxygens (including phenoxy) is 1. The van der Waals surface area contributed by atoms with Crippen LogP contribution < -0.4 is 15.4 Å². The van der Waals surface area contributed by atoms with Gasteiger partial charge in [-0.2, -0.15) is 5.10 Å². The summed E-state index contributed by atoms with van der Waals surface area (Å²) in [5.41, 5.74) is -0.0964. The topological polar surface area (TPSA) is 183 Å². The summed E-state index contributed by atoms with van der Waals surface area (Å²) < 4.78 is 6.25. The standard InChI is InChI=1S/C18H15N5O8/c1-31-13-3-2-9(7-12(13)23(29)30)15-10(8-22(21-15)5-4-14(24)25)6-11-16(26)19-18(28)20-17(11)27/h2-3,6-8H,4-5H2,1H3,(H,24,25)(H2,19,20,26,27,28). The molecule has 3 N–H and O–H groups in total. The lowest BCUT2D eigenvalue weighted by Crippen LogP contribution is -2.51. The molecule has 13 heteroatoms. The van der Waals surface area contributed by atoms with E-state index in [2.05, 4.69) is 5.10 Å². The number of hydrogen-bond donors (Lipinski definition) is 3. The smallest absolute Gasteiger partial charge is 0.328 e. The summed E-state index contributed by atoms with van der Waals surface area (Å²) >= 11 is 0. The number of amides is 4. The predicted octanol–water partition coefficient (Wildman–Crippen LogP) is 0.691. The van der Waals surface area contributed by atoms with Gasteiger partial charge in [0.15, 0.2) is 5.75 Å². The van der Waals surface area contributed by atoms with Gasteiger partial charge in [0.25, 0.3) is 11.8 Å². The highest BCUT2D eigenvalue weighted by molar-refractivity contribution is 6.31. The fourth-order valence-corrected chi connectivity index (χ4v) is 2.83. The Kier molecular flexibility index (Phi) is 5.76. The van der Waals surface area contributed by atoms with Crippen molar-refractivity contribution in [3.63, 3.8) is 0 Å². The summed E-state index contributed by atoms with van der Waals surface area (Å²) in [4.78, 5) is 56.9. The van der Waals surface area contributed by atoms with Crippen molar-refractivity contribution in [2.24, 2.45) is 0 Å². The van der Waals surface area contributed by atoms with Crippen LogP contribution in [0.15, 0.2) is 30.0 Å². The first-order chi connectivity index (χ1) is 14.7. The fraction of sp³-hybridized carbons (Fsp3) is 0.167. The molecule has 0 unspecified atom stereocenters. The van der Waals surface area contributed by atoms with Crippen molar-refractivity contribution in [2.45, 2.75) is 13.0 Å². The second-order valence-corrected chi connectivity index (χ2v) is 6.28. The molecule has 13 nitrogen and oxygen atoms in total. The van der Waals surface area contributed by atoms with Crippen LogP contribution in [0.5, 0.6) is 5.75 Å². The number of aliphatic carboxylic acids is 1. The zero-order valence-corrected chi connectivity index (χ0v) is 15.9. The van der Waals surface area contributed by atoms with Crippen molar-refractivity contribution in [2.75, 3.05) is 7.11 Å². The van der Waals surface area contributed by atoms with Gasteiger partial charge in [-0.3, -0.25) is 39.8 Å². The number of aromatic nitrogens is 2. The molecule has 4 amide bonds. The molecule has 0 spiro atoms. The third-order valence-corrected chi connectivity index (χ3v) is 4.24. The van der Waals surface area contributed by atoms with Gasteiger partial charge in [0.1, 0.15) is 5.57 Å². The molecule has 2 heterocycles. The van der Waals surface area contributed by atoms with Crippen LogP contribution >= 0.6 is 0 Å². The lowest BCUT2D eigenvalue weighted by Gasteiger charge is -2.13. The first kappa shape index (κ1) is 21.2. The summed E-state index contributed by atoms with van der Waals surface area (Å²) in [5.74, 6) is -2.91. The first-order valence-corrected chi connectivity index (χ1v) is 8.70. The van der Waals surface area contributed by atoms with E-state index in [9.17, 15) is 29.3 Å². The molecule has 1 fully saturated rings. The quantitative estimate of drug-likeness (QED) is 0.247. The number of nitrogens with zero attached hydrogens (tertiary/aromatic N) is 3. The van der Waals surface area contributed by atoms with Crippen molar-refractivity contribution in [3.05, 3.63) is 45.6 Å². The highest BCUT2D eigenvalue weighted by atomic mass is 16.6. The Balaban J connectivity index is 2.12. The maximum Gasteiger partial charge on any atom is 0.328 e. The van der Waals surface area contributed by atoms with E-state index in [4.69, 9.17) is 9.84 Å². The number of nitrogens with one attached hydrogen (secondary N) is 2. The molecule has 3 rings (SSSR count). The number of benzene rings is 1. The minimum atomic E-state index is -1.07. The average Bonchev–Trinajstić information content (AvgIpc) is 3.11. The lowest BCUT2D eigenvalue weighted by molar-refractivity contribution is -0.385. The van der Waals surface area contributed by atoms with Crippen LogP contribution in [0.4, 0.5) is 10.5 Å². The molecule has 2 aromatic rings.